The van der Waals surface area contributed by atoms with Gasteiger partial charge in [-0.05, 0) is 31.9 Å². The highest BCUT2D eigenvalue weighted by atomic mass is 35.5. The largest absolute Gasteiger partial charge is 0.497 e. The van der Waals surface area contributed by atoms with Crippen molar-refractivity contribution in [2.75, 3.05) is 25.1 Å². The molecule has 11 heteroatoms. The summed E-state index contributed by atoms with van der Waals surface area (Å²) >= 11 is 0. The number of aryl methyl sites for hydroxylation is 1. The fourth-order valence-corrected chi connectivity index (χ4v) is 4.74. The first-order valence-electron chi connectivity index (χ1n) is 11.7. The Kier molecular flexibility index (Phi) is 8.49. The van der Waals surface area contributed by atoms with Gasteiger partial charge in [-0.25, -0.2) is 4.79 Å². The van der Waals surface area contributed by atoms with E-state index in [2.05, 4.69) is 17.9 Å². The van der Waals surface area contributed by atoms with E-state index in [-0.39, 0.29) is 41.6 Å². The van der Waals surface area contributed by atoms with E-state index < -0.39 is 23.6 Å². The van der Waals surface area contributed by atoms with Crippen molar-refractivity contribution in [2.24, 2.45) is 12.8 Å². The highest BCUT2D eigenvalue weighted by Crippen LogP contribution is 2.32. The number of methoxy groups -OCH3 is 1. The average Bonchev–Trinajstić information content (AvgIpc) is 3.22. The van der Waals surface area contributed by atoms with Crippen LogP contribution in [-0.2, 0) is 20.1 Å². The molecule has 2 N–H and O–H groups in total. The Balaban J connectivity index is 0.00000380. The number of piperidine rings is 1. The van der Waals surface area contributed by atoms with Gasteiger partial charge >= 0.3 is 5.69 Å². The van der Waals surface area contributed by atoms with Gasteiger partial charge < -0.3 is 19.9 Å². The van der Waals surface area contributed by atoms with E-state index >= 15 is 0 Å². The van der Waals surface area contributed by atoms with Gasteiger partial charge in [0.25, 0.3) is 5.56 Å². The van der Waals surface area contributed by atoms with Crippen LogP contribution in [0.5, 0.6) is 5.75 Å². The molecule has 0 unspecified atom stereocenters. The molecule has 37 heavy (non-hydrogen) atoms. The number of halogens is 1. The maximum atomic E-state index is 13.8. The normalized spacial score (nSPS) is 14.9. The molecule has 0 radical (unpaired) electrons. The first-order chi connectivity index (χ1) is 17.3. The molecule has 1 atom stereocenters. The van der Waals surface area contributed by atoms with Gasteiger partial charge in [-0.2, -0.15) is 5.26 Å². The predicted octanol–water partition coefficient (Wildman–Crippen LogP) is 1.64. The summed E-state index contributed by atoms with van der Waals surface area (Å²) in [6.45, 7) is 2.56. The molecule has 10 nitrogen and oxygen atoms in total. The number of aromatic nitrogens is 3. The van der Waals surface area contributed by atoms with Crippen LogP contribution in [0, 0.1) is 23.2 Å². The molecule has 1 aliphatic heterocycles. The Hall–Kier alpha value is -3.99. The Morgan fingerprint density at radius 3 is 2.65 bits per heavy atom. The number of nitrogens with two attached hydrogens (primary N) is 1. The van der Waals surface area contributed by atoms with Crippen molar-refractivity contribution in [1.82, 2.24) is 13.7 Å². The number of nitrogens with zero attached hydrogens (tertiary/aromatic N) is 5. The van der Waals surface area contributed by atoms with Gasteiger partial charge in [-0.3, -0.25) is 18.7 Å². The molecule has 0 spiro atoms. The van der Waals surface area contributed by atoms with Crippen LogP contribution in [0.2, 0.25) is 0 Å². The third-order valence-corrected chi connectivity index (χ3v) is 6.49. The van der Waals surface area contributed by atoms with Gasteiger partial charge in [0.05, 0.1) is 25.7 Å². The third kappa shape index (κ3) is 4.99. The molecular formula is C26H29ClN6O4. The Morgan fingerprint density at radius 2 is 2.00 bits per heavy atom. The summed E-state index contributed by atoms with van der Waals surface area (Å²) in [7, 11) is 2.99. The Bertz CT molecular complexity index is 1570. The second-order valence-electron chi connectivity index (χ2n) is 8.76. The Morgan fingerprint density at radius 1 is 1.24 bits per heavy atom. The smallest absolute Gasteiger partial charge is 0.331 e. The molecule has 4 rings (SSSR count). The van der Waals surface area contributed by atoms with E-state index in [1.165, 1.54) is 18.7 Å². The molecule has 1 fully saturated rings. The topological polar surface area (TPSA) is 128 Å². The SMILES string of the molecule is CC#CCn1c(N2CCC[C@H](N)C2)c(C#N)c2c1c(=O)n(CC(=O)c1cccc(OC)c1)c(=O)n2C.Cl. The summed E-state index contributed by atoms with van der Waals surface area (Å²) < 4.78 is 9.03. The van der Waals surface area contributed by atoms with Crippen LogP contribution in [0.4, 0.5) is 5.82 Å². The lowest BCUT2D eigenvalue weighted by molar-refractivity contribution is 0.0968. The number of benzene rings is 1. The van der Waals surface area contributed by atoms with Crippen molar-refractivity contribution in [2.45, 2.75) is 38.9 Å². The van der Waals surface area contributed by atoms with Gasteiger partial charge in [0.15, 0.2) is 5.78 Å². The number of rotatable bonds is 6. The number of hydrogen-bond acceptors (Lipinski definition) is 7. The summed E-state index contributed by atoms with van der Waals surface area (Å²) in [6.07, 6.45) is 1.70. The molecule has 194 valence electrons. The molecule has 3 heterocycles. The lowest BCUT2D eigenvalue weighted by Crippen LogP contribution is -2.44. The molecule has 0 bridgehead atoms. The van der Waals surface area contributed by atoms with Crippen molar-refractivity contribution in [3.63, 3.8) is 0 Å². The van der Waals surface area contributed by atoms with E-state index in [1.54, 1.807) is 35.8 Å². The standard InChI is InChI=1S/C26H28N6O4.ClH/c1-4-5-12-31-23-22(20(14-27)24(31)30-11-7-9-18(28)15-30)29(2)26(35)32(25(23)34)16-21(33)17-8-6-10-19(13-17)36-3;/h6,8,10,13,18H,7,9,11-12,15-16,28H2,1-3H3;1H/t18-;/m0./s1. The van der Waals surface area contributed by atoms with E-state index in [0.29, 0.717) is 30.2 Å². The zero-order chi connectivity index (χ0) is 26.0. The van der Waals surface area contributed by atoms with Crippen LogP contribution in [0.25, 0.3) is 11.0 Å². The number of ketones is 1. The summed E-state index contributed by atoms with van der Waals surface area (Å²) in [5, 5.41) is 10.1. The van der Waals surface area contributed by atoms with Crippen LogP contribution < -0.4 is 26.6 Å². The van der Waals surface area contributed by atoms with Gasteiger partial charge in [-0.1, -0.05) is 18.1 Å². The third-order valence-electron chi connectivity index (χ3n) is 6.49. The number of fused-ring (bicyclic) bond motifs is 1. The van der Waals surface area contributed by atoms with Crippen LogP contribution in [0.1, 0.15) is 35.7 Å². The number of carbonyl (C=O) groups is 1. The van der Waals surface area contributed by atoms with Crippen LogP contribution in [0.3, 0.4) is 0 Å². The quantitative estimate of drug-likeness (QED) is 0.383. The van der Waals surface area contributed by atoms with E-state index in [0.717, 1.165) is 17.4 Å². The summed E-state index contributed by atoms with van der Waals surface area (Å²) in [4.78, 5) is 42.1. The monoisotopic (exact) mass is 524 g/mol. The molecule has 1 saturated heterocycles. The fraction of sp³-hybridized carbons (Fsp3) is 0.385. The number of carbonyl (C=O) groups excluding carboxylic acids is 1. The molecule has 0 amide bonds. The summed E-state index contributed by atoms with van der Waals surface area (Å²) in [5.74, 6) is 6.41. The van der Waals surface area contributed by atoms with Gasteiger partial charge in [0.1, 0.15) is 28.7 Å². The minimum Gasteiger partial charge on any atom is -0.497 e. The van der Waals surface area contributed by atoms with Crippen molar-refractivity contribution >= 4 is 35.0 Å². The fourth-order valence-electron chi connectivity index (χ4n) is 4.74. The highest BCUT2D eigenvalue weighted by Gasteiger charge is 2.30. The molecule has 2 aromatic heterocycles. The van der Waals surface area contributed by atoms with Crippen LogP contribution >= 0.6 is 12.4 Å². The molecule has 0 aliphatic carbocycles. The molecule has 1 aliphatic rings. The number of Topliss-reactive ketones (excluding diaryl/α,β-unsaturated/α-hetero) is 1. The van der Waals surface area contributed by atoms with Gasteiger partial charge in [0.2, 0.25) is 0 Å². The van der Waals surface area contributed by atoms with E-state index in [4.69, 9.17) is 10.5 Å². The van der Waals surface area contributed by atoms with Gasteiger partial charge in [-0.15, -0.1) is 18.3 Å². The second kappa shape index (κ2) is 11.4. The van der Waals surface area contributed by atoms with Crippen LogP contribution in [0.15, 0.2) is 33.9 Å². The zero-order valence-corrected chi connectivity index (χ0v) is 21.8. The lowest BCUT2D eigenvalue weighted by Gasteiger charge is -2.33. The van der Waals surface area contributed by atoms with Crippen LogP contribution in [-0.4, -0.2) is 45.7 Å². The van der Waals surface area contributed by atoms with E-state index in [1.807, 2.05) is 4.90 Å². The zero-order valence-electron chi connectivity index (χ0n) is 21.0. The van der Waals surface area contributed by atoms with Crippen molar-refractivity contribution in [3.05, 3.63) is 56.2 Å². The van der Waals surface area contributed by atoms with Crippen molar-refractivity contribution < 1.29 is 9.53 Å². The van der Waals surface area contributed by atoms with E-state index in [9.17, 15) is 19.6 Å². The Labute approximate surface area is 220 Å². The predicted molar refractivity (Wildman–Crippen MR) is 144 cm³/mol. The highest BCUT2D eigenvalue weighted by molar-refractivity contribution is 5.96. The number of hydrogen-bond donors (Lipinski definition) is 1. The minimum absolute atomic E-state index is 0. The minimum atomic E-state index is -0.680. The lowest BCUT2D eigenvalue weighted by atomic mass is 10.1. The molecule has 3 aromatic rings. The number of anilines is 1. The maximum absolute atomic E-state index is 13.8. The average molecular weight is 525 g/mol. The molecule has 0 saturated carbocycles. The maximum Gasteiger partial charge on any atom is 0.331 e. The van der Waals surface area contributed by atoms with Gasteiger partial charge in [0, 0.05) is 31.7 Å². The summed E-state index contributed by atoms with van der Waals surface area (Å²) in [5.41, 5.74) is 5.80. The van der Waals surface area contributed by atoms with Crippen molar-refractivity contribution in [3.8, 4) is 23.7 Å². The number of ether oxygens (including phenoxy) is 1. The first-order valence-corrected chi connectivity index (χ1v) is 11.7. The first kappa shape index (κ1) is 27.6. The molecular weight excluding hydrogens is 496 g/mol. The van der Waals surface area contributed by atoms with Crippen molar-refractivity contribution in [1.29, 1.82) is 5.26 Å². The molecule has 1 aromatic carbocycles. The number of nitriles is 1. The second-order valence-corrected chi connectivity index (χ2v) is 8.76. The summed E-state index contributed by atoms with van der Waals surface area (Å²) in [6, 6.07) is 8.65.